The Labute approximate surface area is 152 Å². The summed E-state index contributed by atoms with van der Waals surface area (Å²) in [5, 5.41) is 2.87. The fourth-order valence-corrected chi connectivity index (χ4v) is 3.45. The maximum atomic E-state index is 12.5. The van der Waals surface area contributed by atoms with Gasteiger partial charge in [0.05, 0.1) is 6.42 Å². The number of esters is 1. The summed E-state index contributed by atoms with van der Waals surface area (Å²) >= 11 is 0. The van der Waals surface area contributed by atoms with Crippen LogP contribution in [-0.4, -0.2) is 55.7 Å². The average molecular weight is 429 g/mol. The van der Waals surface area contributed by atoms with Crippen LogP contribution >= 0.6 is 0 Å². The minimum atomic E-state index is -5.71. The van der Waals surface area contributed by atoms with Gasteiger partial charge < -0.3 is 10.1 Å². The Bertz CT molecular complexity index is 572. The van der Waals surface area contributed by atoms with E-state index in [1.807, 2.05) is 0 Å². The Balaban J connectivity index is 2.73. The van der Waals surface area contributed by atoms with E-state index in [0.29, 0.717) is 0 Å². The van der Waals surface area contributed by atoms with Gasteiger partial charge in [-0.3, -0.25) is 9.35 Å². The molecule has 0 aromatic heterocycles. The second-order valence-electron chi connectivity index (χ2n) is 6.44. The van der Waals surface area contributed by atoms with Crippen molar-refractivity contribution in [3.63, 3.8) is 0 Å². The third kappa shape index (κ3) is 9.60. The van der Waals surface area contributed by atoms with Gasteiger partial charge in [-0.05, 0) is 12.8 Å². The second-order valence-corrected chi connectivity index (χ2v) is 7.94. The Morgan fingerprint density at radius 2 is 1.59 bits per heavy atom. The van der Waals surface area contributed by atoms with Crippen LogP contribution in [0.5, 0.6) is 0 Å². The first-order valence-corrected chi connectivity index (χ1v) is 9.81. The van der Waals surface area contributed by atoms with Gasteiger partial charge >= 0.3 is 18.3 Å². The van der Waals surface area contributed by atoms with Gasteiger partial charge in [0.25, 0.3) is 10.1 Å². The minimum absolute atomic E-state index is 0.0422. The largest absolute Gasteiger partial charge is 0.460 e. The molecular weight excluding hydrogens is 408 g/mol. The highest BCUT2D eigenvalue weighted by atomic mass is 32.2. The molecule has 0 amide bonds. The second kappa shape index (κ2) is 9.41. The average Bonchev–Trinajstić information content (AvgIpc) is 2.48. The highest BCUT2D eigenvalue weighted by Crippen LogP contribution is 2.41. The van der Waals surface area contributed by atoms with Crippen molar-refractivity contribution < 1.29 is 48.8 Å². The van der Waals surface area contributed by atoms with E-state index in [0.717, 1.165) is 32.1 Å². The third-order valence-electron chi connectivity index (χ3n) is 4.10. The van der Waals surface area contributed by atoms with E-state index in [2.05, 4.69) is 10.1 Å². The van der Waals surface area contributed by atoms with Crippen molar-refractivity contribution in [2.45, 2.75) is 63.0 Å². The summed E-state index contributed by atoms with van der Waals surface area (Å²) in [6.07, 6.45) is -10.8. The predicted molar refractivity (Wildman–Crippen MR) is 81.4 cm³/mol. The van der Waals surface area contributed by atoms with Gasteiger partial charge in [0.15, 0.2) is 5.92 Å². The van der Waals surface area contributed by atoms with E-state index in [-0.39, 0.29) is 12.6 Å². The van der Waals surface area contributed by atoms with E-state index in [1.165, 1.54) is 0 Å². The van der Waals surface area contributed by atoms with Crippen LogP contribution in [0.2, 0.25) is 0 Å². The Morgan fingerprint density at radius 3 is 2.04 bits per heavy atom. The molecule has 1 unspecified atom stereocenters. The lowest BCUT2D eigenvalue weighted by Gasteiger charge is -2.26. The molecule has 0 aromatic carbocycles. The van der Waals surface area contributed by atoms with Crippen LogP contribution in [0.3, 0.4) is 0 Å². The van der Waals surface area contributed by atoms with E-state index in [1.54, 1.807) is 0 Å². The van der Waals surface area contributed by atoms with Crippen molar-refractivity contribution >= 4 is 16.1 Å². The molecule has 1 aliphatic rings. The lowest BCUT2D eigenvalue weighted by molar-refractivity contribution is -0.285. The van der Waals surface area contributed by atoms with Crippen molar-refractivity contribution in [2.24, 2.45) is 5.92 Å². The molecule has 0 spiro atoms. The number of ether oxygens (including phenoxy) is 1. The number of carbonyl (C=O) groups is 1. The summed E-state index contributed by atoms with van der Waals surface area (Å²) in [6.45, 7) is -0.321. The molecule has 1 saturated carbocycles. The molecule has 160 valence electrons. The van der Waals surface area contributed by atoms with Crippen molar-refractivity contribution in [2.75, 3.05) is 12.3 Å². The summed E-state index contributed by atoms with van der Waals surface area (Å²) in [7, 11) is -4.67. The lowest BCUT2D eigenvalue weighted by Crippen LogP contribution is -2.43. The first kappa shape index (κ1) is 24.0. The first-order chi connectivity index (χ1) is 12.2. The van der Waals surface area contributed by atoms with Gasteiger partial charge in [-0.25, -0.2) is 0 Å². The highest BCUT2D eigenvalue weighted by molar-refractivity contribution is 7.85. The number of nitrogens with one attached hydrogen (secondary N) is 1. The molecule has 0 bridgehead atoms. The summed E-state index contributed by atoms with van der Waals surface area (Å²) in [4.78, 5) is 11.6. The quantitative estimate of drug-likeness (QED) is 0.350. The summed E-state index contributed by atoms with van der Waals surface area (Å²) in [6, 6.07) is -0.0422. The number of carbonyl (C=O) groups excluding carboxylic acids is 1. The number of rotatable bonds is 8. The van der Waals surface area contributed by atoms with Crippen LogP contribution in [0, 0.1) is 5.92 Å². The van der Waals surface area contributed by atoms with Crippen molar-refractivity contribution in [3.05, 3.63) is 0 Å². The summed E-state index contributed by atoms with van der Waals surface area (Å²) in [5.74, 6) is -6.91. The molecule has 1 atom stereocenters. The fraction of sp³-hybridized carbons (Fsp3) is 0.929. The Morgan fingerprint density at radius 1 is 1.07 bits per heavy atom. The smallest absolute Gasteiger partial charge is 0.401 e. The van der Waals surface area contributed by atoms with E-state index in [9.17, 15) is 39.6 Å². The van der Waals surface area contributed by atoms with E-state index in [4.69, 9.17) is 4.55 Å². The highest BCUT2D eigenvalue weighted by Gasteiger charge is 2.57. The number of hydrogen-bond donors (Lipinski definition) is 2. The van der Waals surface area contributed by atoms with Gasteiger partial charge in [-0.1, -0.05) is 19.3 Å². The molecule has 1 aliphatic carbocycles. The molecule has 0 aromatic rings. The first-order valence-electron chi connectivity index (χ1n) is 8.20. The topological polar surface area (TPSA) is 92.7 Å². The van der Waals surface area contributed by atoms with Gasteiger partial charge in [0, 0.05) is 12.6 Å². The van der Waals surface area contributed by atoms with Gasteiger partial charge in [0.2, 0.25) is 0 Å². The molecule has 1 fully saturated rings. The summed E-state index contributed by atoms with van der Waals surface area (Å²) in [5.41, 5.74) is 0. The zero-order valence-electron chi connectivity index (χ0n) is 14.1. The number of hydrogen-bond acceptors (Lipinski definition) is 5. The molecule has 13 heteroatoms. The SMILES string of the molecule is O=C(CC(C(F)(F)F)C(F)(F)F)OC(CNC1CCCCC1)CS(=O)(=O)O. The van der Waals surface area contributed by atoms with Gasteiger partial charge in [0.1, 0.15) is 11.9 Å². The molecule has 0 heterocycles. The van der Waals surface area contributed by atoms with Crippen LogP contribution in [0.4, 0.5) is 26.3 Å². The van der Waals surface area contributed by atoms with Crippen LogP contribution in [0.25, 0.3) is 0 Å². The van der Waals surface area contributed by atoms with Gasteiger partial charge in [-0.2, -0.15) is 34.8 Å². The number of alkyl halides is 6. The Kier molecular flexibility index (Phi) is 8.35. The molecule has 1 rings (SSSR count). The zero-order chi connectivity index (χ0) is 20.9. The lowest BCUT2D eigenvalue weighted by atomic mass is 9.95. The van der Waals surface area contributed by atoms with Crippen LogP contribution in [-0.2, 0) is 19.6 Å². The molecule has 0 radical (unpaired) electrons. The standard InChI is InChI=1S/C14H21F6NO5S/c15-13(16,17)11(14(18,19)20)6-12(22)26-10(8-27(23,24)25)7-21-9-4-2-1-3-5-9/h9-11,21H,1-8H2,(H,23,24,25). The molecule has 0 aliphatic heterocycles. The zero-order valence-corrected chi connectivity index (χ0v) is 15.0. The predicted octanol–water partition coefficient (Wildman–Crippen LogP) is 2.84. The van der Waals surface area contributed by atoms with Crippen molar-refractivity contribution in [1.29, 1.82) is 0 Å². The van der Waals surface area contributed by atoms with Crippen molar-refractivity contribution in [1.82, 2.24) is 5.32 Å². The number of halogens is 6. The molecule has 0 saturated heterocycles. The van der Waals surface area contributed by atoms with E-state index < -0.39 is 52.6 Å². The van der Waals surface area contributed by atoms with Crippen molar-refractivity contribution in [3.8, 4) is 0 Å². The minimum Gasteiger partial charge on any atom is -0.460 e. The summed E-state index contributed by atoms with van der Waals surface area (Å²) < 4.78 is 110. The maximum Gasteiger partial charge on any atom is 0.401 e. The van der Waals surface area contributed by atoms with Crippen LogP contribution < -0.4 is 5.32 Å². The molecule has 6 nitrogen and oxygen atoms in total. The monoisotopic (exact) mass is 429 g/mol. The van der Waals surface area contributed by atoms with E-state index >= 15 is 0 Å². The van der Waals surface area contributed by atoms with Crippen LogP contribution in [0.15, 0.2) is 0 Å². The van der Waals surface area contributed by atoms with Gasteiger partial charge in [-0.15, -0.1) is 0 Å². The molecule has 27 heavy (non-hydrogen) atoms. The normalized spacial score (nSPS) is 18.5. The maximum absolute atomic E-state index is 12.5. The Hall–Kier alpha value is -1.08. The third-order valence-corrected chi connectivity index (χ3v) is 4.89. The van der Waals surface area contributed by atoms with Crippen LogP contribution in [0.1, 0.15) is 38.5 Å². The molecular formula is C14H21F6NO5S. The molecule has 2 N–H and O–H groups in total. The fourth-order valence-electron chi connectivity index (χ4n) is 2.79.